The van der Waals surface area contributed by atoms with Gasteiger partial charge in [0, 0.05) is 16.5 Å². The molecule has 0 aliphatic rings. The van der Waals surface area contributed by atoms with Gasteiger partial charge in [0.05, 0.1) is 24.5 Å². The first-order valence-corrected chi connectivity index (χ1v) is 9.92. The van der Waals surface area contributed by atoms with Crippen LogP contribution >= 0.6 is 15.9 Å². The molecule has 2 aromatic rings. The largest absolute Gasteiger partial charge is 0.494 e. The molecule has 29 heavy (non-hydrogen) atoms. The number of carbonyl (C=O) groups is 3. The lowest BCUT2D eigenvalue weighted by molar-refractivity contribution is -0.143. The number of hydrogen-bond acceptors (Lipinski definition) is 5. The highest BCUT2D eigenvalue weighted by Crippen LogP contribution is 2.22. The quantitative estimate of drug-likeness (QED) is 0.396. The molecule has 0 saturated heterocycles. The molecule has 2 aromatic carbocycles. The van der Waals surface area contributed by atoms with E-state index in [1.165, 1.54) is 12.1 Å². The summed E-state index contributed by atoms with van der Waals surface area (Å²) in [6.45, 7) is 2.61. The summed E-state index contributed by atoms with van der Waals surface area (Å²) in [6, 6.07) is 11.1. The summed E-state index contributed by atoms with van der Waals surface area (Å²) in [4.78, 5) is 35.0. The van der Waals surface area contributed by atoms with Crippen molar-refractivity contribution >= 4 is 39.5 Å². The Labute approximate surface area is 177 Å². The second-order valence-electron chi connectivity index (χ2n) is 6.08. The number of esters is 1. The van der Waals surface area contributed by atoms with Gasteiger partial charge in [0.2, 0.25) is 0 Å². The number of carboxylic acid groups (broad SMARTS) is 1. The number of anilines is 1. The van der Waals surface area contributed by atoms with Crippen molar-refractivity contribution in [1.29, 1.82) is 0 Å². The van der Waals surface area contributed by atoms with E-state index in [1.807, 2.05) is 0 Å². The standard InChI is InChI=1S/C21H22BrNO6/c1-2-28-19(24)5-3-4-12-29-16-9-6-14(7-10-16)20(25)23-18-11-8-15(22)13-17(18)21(26)27/h6-11,13H,2-5,12H2,1H3,(H,23,25)(H,26,27). The second-order valence-corrected chi connectivity index (χ2v) is 7.00. The van der Waals surface area contributed by atoms with Crippen LogP contribution in [0.15, 0.2) is 46.9 Å². The van der Waals surface area contributed by atoms with Gasteiger partial charge in [-0.3, -0.25) is 9.59 Å². The molecule has 0 fully saturated rings. The van der Waals surface area contributed by atoms with E-state index >= 15 is 0 Å². The highest BCUT2D eigenvalue weighted by atomic mass is 79.9. The average Bonchev–Trinajstić information content (AvgIpc) is 2.69. The fourth-order valence-electron chi connectivity index (χ4n) is 2.49. The highest BCUT2D eigenvalue weighted by Gasteiger charge is 2.14. The molecule has 154 valence electrons. The van der Waals surface area contributed by atoms with Crippen LogP contribution in [0.3, 0.4) is 0 Å². The predicted molar refractivity (Wildman–Crippen MR) is 111 cm³/mol. The molecule has 0 unspecified atom stereocenters. The summed E-state index contributed by atoms with van der Waals surface area (Å²) in [5.74, 6) is -1.16. The number of nitrogens with one attached hydrogen (secondary N) is 1. The van der Waals surface area contributed by atoms with Gasteiger partial charge < -0.3 is 19.9 Å². The zero-order valence-corrected chi connectivity index (χ0v) is 17.5. The van der Waals surface area contributed by atoms with Crippen LogP contribution in [0.4, 0.5) is 5.69 Å². The van der Waals surface area contributed by atoms with Crippen LogP contribution in [0.25, 0.3) is 0 Å². The van der Waals surface area contributed by atoms with Crippen LogP contribution in [0, 0.1) is 0 Å². The number of unbranched alkanes of at least 4 members (excludes halogenated alkanes) is 1. The fraction of sp³-hybridized carbons (Fsp3) is 0.286. The number of hydrogen-bond donors (Lipinski definition) is 2. The molecule has 2 rings (SSSR count). The Bertz CT molecular complexity index is 866. The Morgan fingerprint density at radius 2 is 1.79 bits per heavy atom. The summed E-state index contributed by atoms with van der Waals surface area (Å²) in [6.07, 6.45) is 1.76. The first kappa shape index (κ1) is 22.4. The number of halogens is 1. The van der Waals surface area contributed by atoms with Crippen molar-refractivity contribution in [3.05, 3.63) is 58.1 Å². The van der Waals surface area contributed by atoms with Crippen molar-refractivity contribution < 1.29 is 29.0 Å². The van der Waals surface area contributed by atoms with Crippen molar-refractivity contribution in [2.45, 2.75) is 26.2 Å². The molecule has 0 atom stereocenters. The van der Waals surface area contributed by atoms with E-state index in [0.29, 0.717) is 48.3 Å². The van der Waals surface area contributed by atoms with Crippen molar-refractivity contribution in [1.82, 2.24) is 0 Å². The molecule has 0 aliphatic heterocycles. The molecule has 1 amide bonds. The monoisotopic (exact) mass is 463 g/mol. The number of carboxylic acids is 1. The first-order valence-electron chi connectivity index (χ1n) is 9.13. The molecule has 8 heteroatoms. The van der Waals surface area contributed by atoms with Crippen LogP contribution in [-0.2, 0) is 9.53 Å². The lowest BCUT2D eigenvalue weighted by Crippen LogP contribution is -2.14. The molecule has 0 saturated carbocycles. The molecule has 0 spiro atoms. The normalized spacial score (nSPS) is 10.3. The summed E-state index contributed by atoms with van der Waals surface area (Å²) in [5, 5.41) is 11.9. The third-order valence-corrected chi connectivity index (χ3v) is 4.42. The van der Waals surface area contributed by atoms with E-state index in [0.717, 1.165) is 0 Å². The Hall–Kier alpha value is -2.87. The molecule has 0 radical (unpaired) electrons. The minimum Gasteiger partial charge on any atom is -0.494 e. The number of amides is 1. The van der Waals surface area contributed by atoms with Crippen molar-refractivity contribution in [2.24, 2.45) is 0 Å². The Balaban J connectivity index is 1.86. The van der Waals surface area contributed by atoms with Crippen LogP contribution in [0.2, 0.25) is 0 Å². The lowest BCUT2D eigenvalue weighted by Gasteiger charge is -2.10. The zero-order chi connectivity index (χ0) is 21.2. The van der Waals surface area contributed by atoms with Gasteiger partial charge in [-0.05, 0) is 62.2 Å². The lowest BCUT2D eigenvalue weighted by atomic mass is 10.1. The second kappa shape index (κ2) is 11.2. The summed E-state index contributed by atoms with van der Waals surface area (Å²) >= 11 is 3.22. The predicted octanol–water partition coefficient (Wildman–Crippen LogP) is 4.51. The molecule has 2 N–H and O–H groups in total. The van der Waals surface area contributed by atoms with Crippen molar-refractivity contribution in [3.63, 3.8) is 0 Å². The Kier molecular flexibility index (Phi) is 8.67. The summed E-state index contributed by atoms with van der Waals surface area (Å²) in [5.41, 5.74) is 0.585. The Morgan fingerprint density at radius 3 is 2.45 bits per heavy atom. The van der Waals surface area contributed by atoms with E-state index in [-0.39, 0.29) is 17.2 Å². The van der Waals surface area contributed by atoms with Crippen molar-refractivity contribution in [3.8, 4) is 5.75 Å². The van der Waals surface area contributed by atoms with Gasteiger partial charge in [0.15, 0.2) is 0 Å². The Morgan fingerprint density at radius 1 is 1.07 bits per heavy atom. The van der Waals surface area contributed by atoms with Crippen LogP contribution in [-0.4, -0.2) is 36.2 Å². The highest BCUT2D eigenvalue weighted by molar-refractivity contribution is 9.10. The van der Waals surface area contributed by atoms with Crippen LogP contribution < -0.4 is 10.1 Å². The SMILES string of the molecule is CCOC(=O)CCCCOc1ccc(C(=O)Nc2ccc(Br)cc2C(=O)O)cc1. The van der Waals surface area contributed by atoms with E-state index in [1.54, 1.807) is 37.3 Å². The fourth-order valence-corrected chi connectivity index (χ4v) is 2.86. The van der Waals surface area contributed by atoms with Crippen LogP contribution in [0.5, 0.6) is 5.75 Å². The zero-order valence-electron chi connectivity index (χ0n) is 15.9. The van der Waals surface area contributed by atoms with Gasteiger partial charge in [0.25, 0.3) is 5.91 Å². The molecule has 0 heterocycles. The number of aromatic carboxylic acids is 1. The maximum atomic E-state index is 12.4. The van der Waals surface area contributed by atoms with Gasteiger partial charge in [-0.2, -0.15) is 0 Å². The number of rotatable bonds is 10. The third-order valence-electron chi connectivity index (χ3n) is 3.93. The summed E-state index contributed by atoms with van der Waals surface area (Å²) < 4.78 is 11.1. The minimum absolute atomic E-state index is 0.00417. The smallest absolute Gasteiger partial charge is 0.337 e. The van der Waals surface area contributed by atoms with E-state index in [2.05, 4.69) is 21.2 Å². The van der Waals surface area contributed by atoms with Gasteiger partial charge in [-0.15, -0.1) is 0 Å². The molecule has 0 aliphatic carbocycles. The molecule has 7 nitrogen and oxygen atoms in total. The maximum Gasteiger partial charge on any atom is 0.337 e. The van der Waals surface area contributed by atoms with Gasteiger partial charge >= 0.3 is 11.9 Å². The van der Waals surface area contributed by atoms with Gasteiger partial charge in [-0.1, -0.05) is 15.9 Å². The topological polar surface area (TPSA) is 102 Å². The van der Waals surface area contributed by atoms with E-state index in [9.17, 15) is 19.5 Å². The minimum atomic E-state index is -1.13. The third kappa shape index (κ3) is 7.23. The molecule has 0 aromatic heterocycles. The molecular formula is C21H22BrNO6. The first-order chi connectivity index (χ1) is 13.9. The van der Waals surface area contributed by atoms with Crippen molar-refractivity contribution in [2.75, 3.05) is 18.5 Å². The molecule has 0 bridgehead atoms. The van der Waals surface area contributed by atoms with E-state index in [4.69, 9.17) is 9.47 Å². The summed E-state index contributed by atoms with van der Waals surface area (Å²) in [7, 11) is 0. The number of carbonyl (C=O) groups excluding carboxylic acids is 2. The van der Waals surface area contributed by atoms with Crippen LogP contribution in [0.1, 0.15) is 46.9 Å². The van der Waals surface area contributed by atoms with Gasteiger partial charge in [-0.25, -0.2) is 4.79 Å². The number of benzene rings is 2. The maximum absolute atomic E-state index is 12.4. The van der Waals surface area contributed by atoms with E-state index < -0.39 is 11.9 Å². The number of ether oxygens (including phenoxy) is 2. The van der Waals surface area contributed by atoms with Gasteiger partial charge in [0.1, 0.15) is 5.75 Å². The molecular weight excluding hydrogens is 442 g/mol. The average molecular weight is 464 g/mol.